The van der Waals surface area contributed by atoms with Crippen LogP contribution < -0.4 is 4.90 Å². The number of carbonyl (C=O) groups excluding carboxylic acids is 2. The molecule has 0 spiro atoms. The fraction of sp³-hybridized carbons (Fsp3) is 0.640. The van der Waals surface area contributed by atoms with Crippen molar-refractivity contribution in [2.75, 3.05) is 31.6 Å². The second kappa shape index (κ2) is 10.3. The lowest BCUT2D eigenvalue weighted by molar-refractivity contribution is -0.142. The number of thiophene rings is 1. The Morgan fingerprint density at radius 3 is 2.39 bits per heavy atom. The number of amides is 2. The zero-order valence-electron chi connectivity index (χ0n) is 20.1. The Hall–Kier alpha value is -2.37. The smallest absolute Gasteiger partial charge is 0.348 e. The summed E-state index contributed by atoms with van der Waals surface area (Å²) >= 11 is 1.05. The molecule has 1 aromatic rings. The van der Waals surface area contributed by atoms with Crippen molar-refractivity contribution in [2.45, 2.75) is 59.5 Å². The lowest BCUT2D eigenvalue weighted by atomic mass is 9.82. The van der Waals surface area contributed by atoms with Crippen LogP contribution >= 0.6 is 11.3 Å². The molecule has 1 aliphatic heterocycles. The summed E-state index contributed by atoms with van der Waals surface area (Å²) in [5.41, 5.74) is 0.0270. The van der Waals surface area contributed by atoms with E-state index in [0.29, 0.717) is 23.9 Å². The second-order valence-electron chi connectivity index (χ2n) is 10.2. The van der Waals surface area contributed by atoms with E-state index in [-0.39, 0.29) is 46.4 Å². The number of methoxy groups -OCH3 is 1. The molecule has 8 heteroatoms. The standard InChI is InChI=1S/C25H34N2O5S/c1-16-6-8-17(9-7-16)23(29)27(15-21(28)26-13-18(14-26)32-5)20-12-19(10-11-25(2,3)4)33-22(20)24(30)31/h12,16-18H,6-9,13-15H2,1-5H3,(H,30,31). The van der Waals surface area contributed by atoms with Crippen LogP contribution in [-0.2, 0) is 14.3 Å². The van der Waals surface area contributed by atoms with Crippen molar-refractivity contribution in [1.82, 2.24) is 4.90 Å². The lowest BCUT2D eigenvalue weighted by Crippen LogP contribution is -2.57. The third-order valence-electron chi connectivity index (χ3n) is 6.22. The van der Waals surface area contributed by atoms with Crippen LogP contribution in [0.1, 0.15) is 67.9 Å². The molecular formula is C25H34N2O5S. The van der Waals surface area contributed by atoms with Crippen molar-refractivity contribution in [1.29, 1.82) is 0 Å². The molecule has 33 heavy (non-hydrogen) atoms. The molecule has 2 aliphatic rings. The third kappa shape index (κ3) is 6.36. The highest BCUT2D eigenvalue weighted by Gasteiger charge is 2.36. The zero-order chi connectivity index (χ0) is 24.3. The number of aromatic carboxylic acids is 1. The summed E-state index contributed by atoms with van der Waals surface area (Å²) in [5.74, 6) is 5.04. The van der Waals surface area contributed by atoms with E-state index >= 15 is 0 Å². The molecule has 2 heterocycles. The molecule has 1 saturated carbocycles. The van der Waals surface area contributed by atoms with Crippen LogP contribution in [0.3, 0.4) is 0 Å². The molecule has 1 N–H and O–H groups in total. The van der Waals surface area contributed by atoms with Gasteiger partial charge >= 0.3 is 5.97 Å². The number of anilines is 1. The number of carboxylic acids is 1. The summed E-state index contributed by atoms with van der Waals surface area (Å²) in [7, 11) is 1.61. The molecule has 0 bridgehead atoms. The predicted octanol–water partition coefficient (Wildman–Crippen LogP) is 3.86. The van der Waals surface area contributed by atoms with E-state index in [9.17, 15) is 19.5 Å². The highest BCUT2D eigenvalue weighted by molar-refractivity contribution is 7.15. The van der Waals surface area contributed by atoms with Crippen LogP contribution in [0.2, 0.25) is 0 Å². The number of hydrogen-bond donors (Lipinski definition) is 1. The number of carboxylic acid groups (broad SMARTS) is 1. The lowest BCUT2D eigenvalue weighted by Gasteiger charge is -2.39. The van der Waals surface area contributed by atoms with Crippen LogP contribution in [0, 0.1) is 29.1 Å². The van der Waals surface area contributed by atoms with Crippen molar-refractivity contribution < 1.29 is 24.2 Å². The van der Waals surface area contributed by atoms with E-state index in [4.69, 9.17) is 4.74 Å². The van der Waals surface area contributed by atoms with E-state index in [2.05, 4.69) is 18.8 Å². The van der Waals surface area contributed by atoms with Gasteiger partial charge in [-0.3, -0.25) is 9.59 Å². The highest BCUT2D eigenvalue weighted by Crippen LogP contribution is 2.35. The Bertz CT molecular complexity index is 954. The van der Waals surface area contributed by atoms with Crippen molar-refractivity contribution in [3.63, 3.8) is 0 Å². The number of ether oxygens (including phenoxy) is 1. The van der Waals surface area contributed by atoms with Gasteiger partial charge in [-0.2, -0.15) is 0 Å². The van der Waals surface area contributed by atoms with Gasteiger partial charge in [0.05, 0.1) is 16.7 Å². The van der Waals surface area contributed by atoms with Gasteiger partial charge in [0, 0.05) is 31.5 Å². The highest BCUT2D eigenvalue weighted by atomic mass is 32.1. The molecule has 1 aliphatic carbocycles. The number of carbonyl (C=O) groups is 3. The van der Waals surface area contributed by atoms with E-state index < -0.39 is 5.97 Å². The van der Waals surface area contributed by atoms with Crippen molar-refractivity contribution in [3.8, 4) is 11.8 Å². The Kier molecular flexibility index (Phi) is 7.86. The maximum Gasteiger partial charge on any atom is 0.348 e. The first kappa shape index (κ1) is 25.3. The average Bonchev–Trinajstić information content (AvgIpc) is 3.14. The number of hydrogen-bond acceptors (Lipinski definition) is 5. The first-order valence-corrected chi connectivity index (χ1v) is 12.3. The third-order valence-corrected chi connectivity index (χ3v) is 7.24. The van der Waals surface area contributed by atoms with Gasteiger partial charge in [0.1, 0.15) is 11.4 Å². The minimum absolute atomic E-state index is 0.00735. The monoisotopic (exact) mass is 474 g/mol. The predicted molar refractivity (Wildman–Crippen MR) is 128 cm³/mol. The summed E-state index contributed by atoms with van der Waals surface area (Å²) < 4.78 is 5.25. The van der Waals surface area contributed by atoms with Gasteiger partial charge in [-0.25, -0.2) is 4.79 Å². The van der Waals surface area contributed by atoms with Gasteiger partial charge in [-0.1, -0.05) is 18.8 Å². The first-order valence-electron chi connectivity index (χ1n) is 11.5. The van der Waals surface area contributed by atoms with Gasteiger partial charge in [-0.15, -0.1) is 11.3 Å². The minimum Gasteiger partial charge on any atom is -0.477 e. The van der Waals surface area contributed by atoms with Gasteiger partial charge in [0.25, 0.3) is 0 Å². The summed E-state index contributed by atoms with van der Waals surface area (Å²) in [4.78, 5) is 42.3. The molecule has 180 valence electrons. The first-order chi connectivity index (χ1) is 15.5. The quantitative estimate of drug-likeness (QED) is 0.633. The molecular weight excluding hydrogens is 440 g/mol. The number of likely N-dealkylation sites (tertiary alicyclic amines) is 1. The van der Waals surface area contributed by atoms with Gasteiger partial charge in [0.2, 0.25) is 11.8 Å². The zero-order valence-corrected chi connectivity index (χ0v) is 21.0. The van der Waals surface area contributed by atoms with Crippen LogP contribution in [0.25, 0.3) is 0 Å². The fourth-order valence-corrected chi connectivity index (χ4v) is 4.93. The van der Waals surface area contributed by atoms with Crippen LogP contribution in [0.15, 0.2) is 6.07 Å². The average molecular weight is 475 g/mol. The van der Waals surface area contributed by atoms with Gasteiger partial charge < -0.3 is 19.6 Å². The van der Waals surface area contributed by atoms with E-state index in [1.807, 2.05) is 20.8 Å². The van der Waals surface area contributed by atoms with Crippen LogP contribution in [0.4, 0.5) is 5.69 Å². The molecule has 1 aromatic heterocycles. The summed E-state index contributed by atoms with van der Waals surface area (Å²) in [6, 6.07) is 1.65. The number of nitrogens with zero attached hydrogens (tertiary/aromatic N) is 2. The Balaban J connectivity index is 1.93. The van der Waals surface area contributed by atoms with Crippen LogP contribution in [0.5, 0.6) is 0 Å². The fourth-order valence-electron chi connectivity index (χ4n) is 4.08. The minimum atomic E-state index is -1.12. The molecule has 2 amide bonds. The molecule has 0 unspecified atom stereocenters. The van der Waals surface area contributed by atoms with Crippen LogP contribution in [-0.4, -0.2) is 60.6 Å². The van der Waals surface area contributed by atoms with Gasteiger partial charge in [-0.05, 0) is 58.4 Å². The SMILES string of the molecule is COC1CN(C(=O)CN(C(=O)C2CCC(C)CC2)c2cc(C#CC(C)(C)C)sc2C(=O)O)C1. The topological polar surface area (TPSA) is 87.2 Å². The Labute approximate surface area is 200 Å². The molecule has 7 nitrogen and oxygen atoms in total. The molecule has 0 atom stereocenters. The normalized spacial score (nSPS) is 21.1. The Morgan fingerprint density at radius 1 is 1.21 bits per heavy atom. The van der Waals surface area contributed by atoms with E-state index in [0.717, 1.165) is 37.0 Å². The van der Waals surface area contributed by atoms with E-state index in [1.165, 1.54) is 4.90 Å². The molecule has 2 fully saturated rings. The Morgan fingerprint density at radius 2 is 1.85 bits per heavy atom. The van der Waals surface area contributed by atoms with Gasteiger partial charge in [0.15, 0.2) is 0 Å². The summed E-state index contributed by atoms with van der Waals surface area (Å²) in [6.45, 7) is 8.90. The summed E-state index contributed by atoms with van der Waals surface area (Å²) in [5, 5.41) is 9.86. The number of rotatable bonds is 6. The van der Waals surface area contributed by atoms with Crippen molar-refractivity contribution in [3.05, 3.63) is 15.8 Å². The second-order valence-corrected chi connectivity index (χ2v) is 11.2. The molecule has 0 aromatic carbocycles. The summed E-state index contributed by atoms with van der Waals surface area (Å²) in [6.07, 6.45) is 3.43. The largest absolute Gasteiger partial charge is 0.477 e. The maximum atomic E-state index is 13.6. The van der Waals surface area contributed by atoms with Crippen molar-refractivity contribution in [2.24, 2.45) is 17.3 Å². The molecule has 0 radical (unpaired) electrons. The van der Waals surface area contributed by atoms with Crippen molar-refractivity contribution >= 4 is 34.8 Å². The maximum absolute atomic E-state index is 13.6. The molecule has 1 saturated heterocycles. The molecule has 3 rings (SSSR count). The van der Waals surface area contributed by atoms with E-state index in [1.54, 1.807) is 18.1 Å².